The normalized spacial score (nSPS) is 17.1. The molecule has 8 heterocycles. The molecule has 630 valence electrons. The van der Waals surface area contributed by atoms with Crippen molar-refractivity contribution in [1.82, 2.24) is 24.5 Å². The van der Waals surface area contributed by atoms with Gasteiger partial charge >= 0.3 is 6.15 Å². The Hall–Kier alpha value is -12.9. The van der Waals surface area contributed by atoms with Gasteiger partial charge in [-0.05, 0) is 218 Å². The number of benzene rings is 10. The first kappa shape index (κ1) is 88.9. The highest BCUT2D eigenvalue weighted by molar-refractivity contribution is 9.10. The second-order valence-corrected chi connectivity index (χ2v) is 33.8. The Balaban J connectivity index is 0.000000142. The summed E-state index contributed by atoms with van der Waals surface area (Å²) in [5, 5.41) is 0. The van der Waals surface area contributed by atoms with Crippen LogP contribution in [0.2, 0.25) is 0 Å². The van der Waals surface area contributed by atoms with E-state index in [-0.39, 0.29) is 65.6 Å². The quantitative estimate of drug-likeness (QED) is 0.0680. The smallest absolute Gasteiger partial charge is 0.373 e. The highest BCUT2D eigenvalue weighted by Crippen LogP contribution is 2.37. The minimum atomic E-state index is -0.294. The number of ketones is 1. The summed E-state index contributed by atoms with van der Waals surface area (Å²) in [4.78, 5) is 116. The van der Waals surface area contributed by atoms with Crippen molar-refractivity contribution < 1.29 is 38.4 Å². The zero-order valence-corrected chi connectivity index (χ0v) is 72.9. The zero-order chi connectivity index (χ0) is 86.9. The van der Waals surface area contributed by atoms with E-state index in [4.69, 9.17) is 41.8 Å². The summed E-state index contributed by atoms with van der Waals surface area (Å²) in [5.74, 6) is 13.9. The Kier molecular flexibility index (Phi) is 31.3. The number of hydrogen-bond donors (Lipinski definition) is 3. The van der Waals surface area contributed by atoms with Crippen LogP contribution >= 0.6 is 31.9 Å². The van der Waals surface area contributed by atoms with Crippen LogP contribution in [0.5, 0.6) is 0 Å². The average molecular weight is 1780 g/mol. The number of likely N-dealkylation sites (tertiary alicyclic amines) is 5. The molecule has 19 nitrogen and oxygen atoms in total. The van der Waals surface area contributed by atoms with E-state index >= 15 is 0 Å². The third kappa shape index (κ3) is 24.5. The number of nitrogens with two attached hydrogens (primary N) is 3. The molecule has 6 N–H and O–H groups in total. The van der Waals surface area contributed by atoms with Gasteiger partial charge in [0.1, 0.15) is 0 Å². The van der Waals surface area contributed by atoms with E-state index in [2.05, 4.69) is 79.8 Å². The fraction of sp³-hybridized carbons (Fsp3) is 0.282. The average Bonchev–Trinajstić information content (AvgIpc) is 1.65. The van der Waals surface area contributed by atoms with Crippen LogP contribution in [0.15, 0.2) is 267 Å². The maximum atomic E-state index is 13.1. The van der Waals surface area contributed by atoms with Gasteiger partial charge in [-0.15, -0.1) is 0 Å². The Morgan fingerprint density at radius 2 is 0.694 bits per heavy atom. The molecular formula is C103H101Br2N11O8. The molecular weight excluding hydrogens is 1680 g/mol. The standard InChI is InChI=1S/C36H35N3O3.C28H25N3O.C20H19BrN2O.C12H15NO.C6H7BrN2.CO2/c1-25(40)38-19-6-10-34(38)35(41)22-29-15-12-26(13-16-29)11-14-28-17-18-31-30(21-28)24-32(37-31)33-9-5-20-39(33)36(42)23-27-7-3-2-4-8-27;29-24-13-10-20(11-14-24)8-9-22-12-15-25-23(17-22)19-26(30-25)27-7-4-16-31(27)28(32)18-21-5-2-1-3-6-21;21-16-8-9-17-15(12-16)13-18(22-17)19-7-4-10-23(19)20(24)11-14-5-2-1-3-6-14;14-12(13-8-4-5-9-13)10-11-6-2-1-3-7-11;7-4-1-2-5(8)6(9)3-4;2-1-3/h2-4,7-8,12-13,15-18,21,33-34H,5-6,9-10,19-20,22-24H2,1H3;1-3,5-6,10-15,17,27H,4,7,16,18-19,29H2;1-3,5-6,8-9,12,19H,4,7,10-11,13H2;1-3,6-7H,4-5,8-10H2;1-3H,8-9H2;/t33-,34-;27-;19-;;;/m000.../s1. The van der Waals surface area contributed by atoms with Crippen LogP contribution in [-0.4, -0.2) is 147 Å². The molecule has 0 aromatic heterocycles. The molecule has 18 rings (SSSR count). The van der Waals surface area contributed by atoms with Gasteiger partial charge in [0.05, 0.1) is 78.3 Å². The Labute approximate surface area is 742 Å². The topological polar surface area (TPSA) is 268 Å². The first-order chi connectivity index (χ1) is 60.3. The molecule has 10 aromatic carbocycles. The third-order valence-electron chi connectivity index (χ3n) is 23.3. The fourth-order valence-electron chi connectivity index (χ4n) is 17.0. The lowest BCUT2D eigenvalue weighted by atomic mass is 10.0. The van der Waals surface area contributed by atoms with Crippen molar-refractivity contribution in [2.75, 3.05) is 56.5 Å². The number of nitrogens with zero attached hydrogens (tertiary/aromatic N) is 8. The number of Topliss-reactive ketones (excluding diaryl/α,β-unsaturated/α-hetero) is 1. The van der Waals surface area contributed by atoms with Gasteiger partial charge in [0.25, 0.3) is 0 Å². The van der Waals surface area contributed by atoms with Gasteiger partial charge in [0.2, 0.25) is 29.5 Å². The van der Waals surface area contributed by atoms with Gasteiger partial charge in [0.15, 0.2) is 5.78 Å². The Bertz CT molecular complexity index is 5740. The van der Waals surface area contributed by atoms with Crippen molar-refractivity contribution in [3.63, 3.8) is 0 Å². The molecule has 0 spiro atoms. The minimum Gasteiger partial charge on any atom is -0.399 e. The summed E-state index contributed by atoms with van der Waals surface area (Å²) in [6.07, 6.45) is 14.9. The van der Waals surface area contributed by atoms with Crippen LogP contribution in [0, 0.1) is 23.7 Å². The summed E-state index contributed by atoms with van der Waals surface area (Å²) in [7, 11) is 0. The number of carbonyl (C=O) groups is 6. The third-order valence-corrected chi connectivity index (χ3v) is 24.2. The number of hydrogen-bond acceptors (Lipinski definition) is 14. The van der Waals surface area contributed by atoms with Crippen molar-refractivity contribution in [2.45, 2.75) is 147 Å². The molecule has 5 saturated heterocycles. The predicted octanol–water partition coefficient (Wildman–Crippen LogP) is 16.8. The summed E-state index contributed by atoms with van der Waals surface area (Å²) < 4.78 is 2.04. The summed E-state index contributed by atoms with van der Waals surface area (Å²) in [5.41, 5.74) is 37.5. The molecule has 21 heteroatoms. The lowest BCUT2D eigenvalue weighted by Crippen LogP contribution is -2.41. The van der Waals surface area contributed by atoms with E-state index in [1.54, 1.807) is 17.0 Å². The molecule has 0 aliphatic carbocycles. The van der Waals surface area contributed by atoms with Crippen LogP contribution in [0.3, 0.4) is 0 Å². The van der Waals surface area contributed by atoms with Crippen molar-refractivity contribution in [2.24, 2.45) is 15.0 Å². The highest BCUT2D eigenvalue weighted by Gasteiger charge is 2.38. The number of nitrogen functional groups attached to an aromatic ring is 3. The number of rotatable bonds is 14. The molecule has 8 aliphatic heterocycles. The second-order valence-electron chi connectivity index (χ2n) is 32.0. The molecule has 10 aromatic rings. The predicted molar refractivity (Wildman–Crippen MR) is 496 cm³/mol. The lowest BCUT2D eigenvalue weighted by Gasteiger charge is -2.25. The first-order valence-corrected chi connectivity index (χ1v) is 44.0. The van der Waals surface area contributed by atoms with Gasteiger partial charge in [0, 0.05) is 126 Å². The molecule has 0 unspecified atom stereocenters. The van der Waals surface area contributed by atoms with Crippen LogP contribution in [0.1, 0.15) is 138 Å². The van der Waals surface area contributed by atoms with Crippen molar-refractivity contribution in [1.29, 1.82) is 0 Å². The molecule has 4 atom stereocenters. The van der Waals surface area contributed by atoms with Crippen LogP contribution in [-0.2, 0) is 89.7 Å². The largest absolute Gasteiger partial charge is 0.399 e. The monoisotopic (exact) mass is 1780 g/mol. The number of anilines is 3. The fourth-order valence-corrected chi connectivity index (χ4v) is 17.8. The van der Waals surface area contributed by atoms with E-state index in [0.717, 1.165) is 208 Å². The summed E-state index contributed by atoms with van der Waals surface area (Å²) in [6, 6.07) is 79.2. The molecule has 5 fully saturated rings. The SMILES string of the molecule is CC(=O)N1CCC[C@H]1C(=O)Cc1ccc(C#Cc2ccc3c(c2)CC([C@@H]2CCCN2C(=O)Cc2ccccc2)=N3)cc1.Nc1ccc(Br)cc1N.Nc1ccc(C#Cc2ccc3c(c2)CC([C@@H]2CCCN2C(=O)Cc2ccccc2)=N3)cc1.O=C(Cc1ccccc1)N1CCCC1.O=C(Cc1ccccc1)N1CCC[C@H]1C1=Nc2ccc(Br)cc2C1.O=C=O. The first-order valence-electron chi connectivity index (χ1n) is 42.4. The van der Waals surface area contributed by atoms with Crippen molar-refractivity contribution in [3.05, 3.63) is 318 Å². The summed E-state index contributed by atoms with van der Waals surface area (Å²) in [6.45, 7) is 6.54. The van der Waals surface area contributed by atoms with Crippen LogP contribution in [0.4, 0.5) is 34.1 Å². The van der Waals surface area contributed by atoms with Gasteiger partial charge < -0.3 is 41.7 Å². The van der Waals surface area contributed by atoms with E-state index in [1.807, 2.05) is 226 Å². The molecule has 5 amide bonds. The van der Waals surface area contributed by atoms with E-state index in [0.29, 0.717) is 50.0 Å². The minimum absolute atomic E-state index is 0.0275. The second kappa shape index (κ2) is 43.7. The van der Waals surface area contributed by atoms with Crippen molar-refractivity contribution in [3.8, 4) is 23.7 Å². The molecule has 8 aliphatic rings. The Morgan fingerprint density at radius 3 is 1.10 bits per heavy atom. The van der Waals surface area contributed by atoms with Gasteiger partial charge in [-0.3, -0.25) is 43.7 Å². The van der Waals surface area contributed by atoms with E-state index < -0.39 is 0 Å². The molecule has 124 heavy (non-hydrogen) atoms. The lowest BCUT2D eigenvalue weighted by molar-refractivity contribution is -0.191. The highest BCUT2D eigenvalue weighted by atomic mass is 79.9. The number of halogens is 2. The summed E-state index contributed by atoms with van der Waals surface area (Å²) >= 11 is 6.79. The Morgan fingerprint density at radius 1 is 0.355 bits per heavy atom. The van der Waals surface area contributed by atoms with Crippen LogP contribution in [0.25, 0.3) is 0 Å². The van der Waals surface area contributed by atoms with Crippen LogP contribution < -0.4 is 17.2 Å². The van der Waals surface area contributed by atoms with Crippen molar-refractivity contribution >= 4 is 125 Å². The number of aliphatic imine (C=N–C) groups is 3. The zero-order valence-electron chi connectivity index (χ0n) is 69.7. The van der Waals surface area contributed by atoms with Gasteiger partial charge in [-0.25, -0.2) is 0 Å². The number of amides is 5. The van der Waals surface area contributed by atoms with E-state index in [9.17, 15) is 28.8 Å². The maximum Gasteiger partial charge on any atom is 0.373 e. The van der Waals surface area contributed by atoms with Gasteiger partial charge in [-0.2, -0.15) is 9.59 Å². The molecule has 0 bridgehead atoms. The van der Waals surface area contributed by atoms with Gasteiger partial charge in [-0.1, -0.05) is 189 Å². The number of fused-ring (bicyclic) bond motifs is 3. The molecule has 0 saturated carbocycles. The number of carbonyl (C=O) groups excluding carboxylic acids is 8. The maximum absolute atomic E-state index is 13.1. The van der Waals surface area contributed by atoms with E-state index in [1.165, 1.54) is 30.9 Å². The molecule has 0 radical (unpaired) electrons.